The van der Waals surface area contributed by atoms with Gasteiger partial charge in [0.15, 0.2) is 0 Å². The van der Waals surface area contributed by atoms with Crippen LogP contribution in [0.15, 0.2) is 43.0 Å². The number of hydrogen-bond donors (Lipinski definition) is 1. The lowest BCUT2D eigenvalue weighted by Crippen LogP contribution is -2.38. The number of ether oxygens (including phenoxy) is 1. The lowest BCUT2D eigenvalue weighted by molar-refractivity contribution is -0.137. The summed E-state index contributed by atoms with van der Waals surface area (Å²) in [5.41, 5.74) is 7.07. The number of nitrogen functional groups attached to an aromatic ring is 1. The number of pyridine rings is 1. The molecule has 4 heterocycles. The largest absolute Gasteiger partial charge is 0.490 e. The highest BCUT2D eigenvalue weighted by Gasteiger charge is 2.33. The van der Waals surface area contributed by atoms with Gasteiger partial charge in [-0.25, -0.2) is 15.0 Å². The molecule has 0 fully saturated rings. The van der Waals surface area contributed by atoms with E-state index in [1.165, 1.54) is 23.6 Å². The van der Waals surface area contributed by atoms with Crippen LogP contribution in [0, 0.1) is 0 Å². The van der Waals surface area contributed by atoms with E-state index in [-0.39, 0.29) is 36.1 Å². The van der Waals surface area contributed by atoms with Gasteiger partial charge in [0.1, 0.15) is 34.9 Å². The molecule has 1 aliphatic heterocycles. The number of nitrogens with two attached hydrogens (primary N) is 1. The zero-order valence-electron chi connectivity index (χ0n) is 17.9. The van der Waals surface area contributed by atoms with E-state index in [1.54, 1.807) is 23.0 Å². The molecule has 0 aliphatic carbocycles. The van der Waals surface area contributed by atoms with Gasteiger partial charge >= 0.3 is 6.18 Å². The fourth-order valence-electron chi connectivity index (χ4n) is 3.44. The van der Waals surface area contributed by atoms with E-state index in [1.807, 2.05) is 0 Å². The number of halogens is 3. The van der Waals surface area contributed by atoms with Gasteiger partial charge < -0.3 is 15.4 Å². The standard InChI is InChI=1S/C19H13F3N6O2.C3H8/c20-19(21,22)10-1-2-13-16(5-10)30-4-3-27(13)18(29)11-6-14-12(7-25-11)26-17(23)15-8-24-9-28(14)15;1-3-2/h1-2,5-9H,3-4H2,(H2,23,26);3H2,1-2H3. The molecular formula is C22H21F3N6O2. The smallest absolute Gasteiger partial charge is 0.416 e. The average Bonchev–Trinajstić information content (AvgIpc) is 3.29. The van der Waals surface area contributed by atoms with Crippen molar-refractivity contribution >= 4 is 34.0 Å². The van der Waals surface area contributed by atoms with Gasteiger partial charge in [-0.3, -0.25) is 9.20 Å². The van der Waals surface area contributed by atoms with Gasteiger partial charge in [0, 0.05) is 0 Å². The molecule has 3 aromatic heterocycles. The Morgan fingerprint density at radius 1 is 1.18 bits per heavy atom. The van der Waals surface area contributed by atoms with Crippen LogP contribution < -0.4 is 15.4 Å². The fourth-order valence-corrected chi connectivity index (χ4v) is 3.44. The molecule has 8 nitrogen and oxygen atoms in total. The first-order chi connectivity index (χ1) is 15.7. The maximum Gasteiger partial charge on any atom is 0.416 e. The number of alkyl halides is 3. The van der Waals surface area contributed by atoms with E-state index in [0.29, 0.717) is 16.6 Å². The Kier molecular flexibility index (Phi) is 5.79. The number of fused-ring (bicyclic) bond motifs is 4. The summed E-state index contributed by atoms with van der Waals surface area (Å²) in [7, 11) is 0. The van der Waals surface area contributed by atoms with Crippen LogP contribution in [0.2, 0.25) is 0 Å². The van der Waals surface area contributed by atoms with E-state index in [0.717, 1.165) is 12.1 Å². The lowest BCUT2D eigenvalue weighted by atomic mass is 10.1. The Morgan fingerprint density at radius 3 is 2.67 bits per heavy atom. The number of imidazole rings is 1. The minimum atomic E-state index is -4.50. The molecule has 0 unspecified atom stereocenters. The highest BCUT2D eigenvalue weighted by molar-refractivity contribution is 6.07. The summed E-state index contributed by atoms with van der Waals surface area (Å²) in [5, 5.41) is 0. The summed E-state index contributed by atoms with van der Waals surface area (Å²) in [6.45, 7) is 4.49. The van der Waals surface area contributed by atoms with E-state index in [2.05, 4.69) is 28.8 Å². The number of amides is 1. The molecule has 0 spiro atoms. The zero-order chi connectivity index (χ0) is 23.8. The van der Waals surface area contributed by atoms with Gasteiger partial charge in [0.25, 0.3) is 5.91 Å². The number of carbonyl (C=O) groups is 1. The maximum atomic E-state index is 13.1. The summed E-state index contributed by atoms with van der Waals surface area (Å²) >= 11 is 0. The molecule has 4 aromatic rings. The Morgan fingerprint density at radius 2 is 1.94 bits per heavy atom. The quantitative estimate of drug-likeness (QED) is 0.456. The zero-order valence-corrected chi connectivity index (χ0v) is 17.9. The topological polar surface area (TPSA) is 98.6 Å². The van der Waals surface area contributed by atoms with E-state index in [4.69, 9.17) is 10.5 Å². The Labute approximate surface area is 186 Å². The number of hydrogen-bond acceptors (Lipinski definition) is 6. The van der Waals surface area contributed by atoms with Crippen molar-refractivity contribution in [2.45, 2.75) is 26.4 Å². The van der Waals surface area contributed by atoms with Crippen molar-refractivity contribution < 1.29 is 22.7 Å². The first-order valence-corrected chi connectivity index (χ1v) is 10.3. The Bertz CT molecular complexity index is 1340. The van der Waals surface area contributed by atoms with Crippen LogP contribution in [-0.2, 0) is 6.18 Å². The van der Waals surface area contributed by atoms with Gasteiger partial charge in [-0.15, -0.1) is 0 Å². The highest BCUT2D eigenvalue weighted by atomic mass is 19.4. The Balaban J connectivity index is 0.000000821. The molecule has 11 heteroatoms. The molecule has 2 N–H and O–H groups in total. The summed E-state index contributed by atoms with van der Waals surface area (Å²) in [6, 6.07) is 4.60. The van der Waals surface area contributed by atoms with Gasteiger partial charge in [0.2, 0.25) is 0 Å². The van der Waals surface area contributed by atoms with Crippen LogP contribution in [0.4, 0.5) is 24.7 Å². The monoisotopic (exact) mass is 458 g/mol. The predicted octanol–water partition coefficient (Wildman–Crippen LogP) is 4.33. The van der Waals surface area contributed by atoms with Crippen LogP contribution in [-0.4, -0.2) is 38.4 Å². The van der Waals surface area contributed by atoms with Crippen molar-refractivity contribution in [3.05, 3.63) is 54.2 Å². The van der Waals surface area contributed by atoms with Crippen LogP contribution in [0.5, 0.6) is 5.75 Å². The first kappa shape index (κ1) is 22.3. The molecule has 0 saturated carbocycles. The van der Waals surface area contributed by atoms with E-state index >= 15 is 0 Å². The lowest BCUT2D eigenvalue weighted by Gasteiger charge is -2.29. The molecule has 172 valence electrons. The van der Waals surface area contributed by atoms with Crippen LogP contribution in [0.1, 0.15) is 36.3 Å². The number of carbonyl (C=O) groups excluding carboxylic acids is 1. The Hall–Kier alpha value is -3.89. The molecule has 1 aromatic carbocycles. The van der Waals surface area contributed by atoms with Crippen LogP contribution >= 0.6 is 0 Å². The van der Waals surface area contributed by atoms with Gasteiger partial charge in [-0.05, 0) is 24.3 Å². The summed E-state index contributed by atoms with van der Waals surface area (Å²) in [6.07, 6.45) is 1.27. The maximum absolute atomic E-state index is 13.1. The van der Waals surface area contributed by atoms with Gasteiger partial charge in [-0.1, -0.05) is 20.3 Å². The summed E-state index contributed by atoms with van der Waals surface area (Å²) in [4.78, 5) is 27.0. The minimum absolute atomic E-state index is 0.00310. The van der Waals surface area contributed by atoms with Crippen LogP contribution in [0.25, 0.3) is 16.6 Å². The number of nitrogens with zero attached hydrogens (tertiary/aromatic N) is 5. The predicted molar refractivity (Wildman–Crippen MR) is 117 cm³/mol. The van der Waals surface area contributed by atoms with Crippen molar-refractivity contribution in [1.82, 2.24) is 19.4 Å². The van der Waals surface area contributed by atoms with Crippen molar-refractivity contribution in [2.75, 3.05) is 23.8 Å². The third-order valence-electron chi connectivity index (χ3n) is 4.88. The minimum Gasteiger partial charge on any atom is -0.490 e. The second kappa shape index (κ2) is 8.57. The second-order valence-corrected chi connectivity index (χ2v) is 7.40. The molecule has 0 bridgehead atoms. The molecule has 0 saturated heterocycles. The van der Waals surface area contributed by atoms with E-state index < -0.39 is 17.6 Å². The van der Waals surface area contributed by atoms with Crippen molar-refractivity contribution in [2.24, 2.45) is 0 Å². The average molecular weight is 458 g/mol. The van der Waals surface area contributed by atoms with Gasteiger partial charge in [0.05, 0.1) is 42.0 Å². The summed E-state index contributed by atoms with van der Waals surface area (Å²) < 4.78 is 46.0. The number of aromatic nitrogens is 4. The van der Waals surface area contributed by atoms with E-state index in [9.17, 15) is 18.0 Å². The number of rotatable bonds is 1. The molecule has 1 amide bonds. The normalized spacial score (nSPS) is 13.3. The van der Waals surface area contributed by atoms with Crippen molar-refractivity contribution in [1.29, 1.82) is 0 Å². The van der Waals surface area contributed by atoms with Gasteiger partial charge in [-0.2, -0.15) is 13.2 Å². The van der Waals surface area contributed by atoms with Crippen LogP contribution in [0.3, 0.4) is 0 Å². The van der Waals surface area contributed by atoms with Crippen molar-refractivity contribution in [3.8, 4) is 5.75 Å². The SMILES string of the molecule is CCC.Nc1nc2cnc(C(=O)N3CCOc4cc(C(F)(F)F)ccc43)cc2n2cncc12. The second-order valence-electron chi connectivity index (χ2n) is 7.40. The number of benzene rings is 1. The molecule has 5 rings (SSSR count). The molecule has 33 heavy (non-hydrogen) atoms. The summed E-state index contributed by atoms with van der Waals surface area (Å²) in [5.74, 6) is -0.189. The molecule has 0 atom stereocenters. The molecule has 1 aliphatic rings. The molecule has 0 radical (unpaired) electrons. The number of anilines is 2. The van der Waals surface area contributed by atoms with Crippen molar-refractivity contribution in [3.63, 3.8) is 0 Å². The molecular weight excluding hydrogens is 437 g/mol. The third kappa shape index (κ3) is 4.13. The fraction of sp³-hybridized carbons (Fsp3) is 0.273. The first-order valence-electron chi connectivity index (χ1n) is 10.3. The third-order valence-corrected chi connectivity index (χ3v) is 4.88. The highest BCUT2D eigenvalue weighted by Crippen LogP contribution is 2.38.